The molecule has 1 aliphatic heterocycles. The van der Waals surface area contributed by atoms with Crippen molar-refractivity contribution < 1.29 is 9.53 Å². The van der Waals surface area contributed by atoms with Crippen molar-refractivity contribution in [3.63, 3.8) is 0 Å². The van der Waals surface area contributed by atoms with Crippen molar-refractivity contribution in [2.75, 3.05) is 19.6 Å². The molecule has 1 aromatic carbocycles. The molecule has 31 heavy (non-hydrogen) atoms. The normalized spacial score (nSPS) is 19.8. The van der Waals surface area contributed by atoms with E-state index in [9.17, 15) is 4.79 Å². The lowest BCUT2D eigenvalue weighted by atomic mass is 9.88. The molecule has 1 amide bonds. The van der Waals surface area contributed by atoms with Crippen molar-refractivity contribution in [2.45, 2.75) is 78.0 Å². The van der Waals surface area contributed by atoms with Gasteiger partial charge in [0.25, 0.3) is 0 Å². The van der Waals surface area contributed by atoms with Gasteiger partial charge in [-0.05, 0) is 57.7 Å². The molecular formula is C24H39IN4O2. The lowest BCUT2D eigenvalue weighted by molar-refractivity contribution is -0.135. The number of halogens is 1. The van der Waals surface area contributed by atoms with E-state index in [0.29, 0.717) is 12.5 Å². The van der Waals surface area contributed by atoms with Crippen LogP contribution in [0.4, 0.5) is 0 Å². The van der Waals surface area contributed by atoms with Crippen LogP contribution < -0.4 is 15.4 Å². The minimum atomic E-state index is 0. The summed E-state index contributed by atoms with van der Waals surface area (Å²) in [6.07, 6.45) is 6.97. The Kier molecular flexibility index (Phi) is 10.9. The second-order valence-corrected chi connectivity index (χ2v) is 8.75. The van der Waals surface area contributed by atoms with Gasteiger partial charge < -0.3 is 20.3 Å². The summed E-state index contributed by atoms with van der Waals surface area (Å²) in [4.78, 5) is 19.6. The molecule has 1 aromatic rings. The molecule has 2 fully saturated rings. The topological polar surface area (TPSA) is 66.0 Å². The molecule has 1 saturated heterocycles. The first-order chi connectivity index (χ1) is 14.5. The third kappa shape index (κ3) is 8.16. The van der Waals surface area contributed by atoms with Crippen molar-refractivity contribution in [3.8, 4) is 5.75 Å². The predicted molar refractivity (Wildman–Crippen MR) is 137 cm³/mol. The number of amides is 1. The summed E-state index contributed by atoms with van der Waals surface area (Å²) in [5, 5.41) is 6.87. The summed E-state index contributed by atoms with van der Waals surface area (Å²) in [7, 11) is 0. The van der Waals surface area contributed by atoms with Crippen LogP contribution in [0.25, 0.3) is 0 Å². The van der Waals surface area contributed by atoms with E-state index >= 15 is 0 Å². The second kappa shape index (κ2) is 13.1. The van der Waals surface area contributed by atoms with Crippen LogP contribution in [0.1, 0.15) is 64.9 Å². The van der Waals surface area contributed by atoms with Gasteiger partial charge in [-0.25, -0.2) is 4.99 Å². The molecular weight excluding hydrogens is 503 g/mol. The number of benzene rings is 1. The van der Waals surface area contributed by atoms with E-state index in [2.05, 4.69) is 34.6 Å². The molecule has 174 valence electrons. The van der Waals surface area contributed by atoms with Gasteiger partial charge in [-0.15, -0.1) is 24.0 Å². The maximum Gasteiger partial charge on any atom is 0.225 e. The van der Waals surface area contributed by atoms with Crippen LogP contribution in [0, 0.1) is 5.92 Å². The van der Waals surface area contributed by atoms with Gasteiger partial charge in [-0.3, -0.25) is 4.79 Å². The fourth-order valence-corrected chi connectivity index (χ4v) is 4.32. The number of guanidine groups is 1. The molecule has 1 aliphatic carbocycles. The number of nitrogens with one attached hydrogen (secondary N) is 2. The van der Waals surface area contributed by atoms with Crippen molar-refractivity contribution in [1.29, 1.82) is 0 Å². The third-order valence-corrected chi connectivity index (χ3v) is 5.85. The molecule has 1 heterocycles. The SMILES string of the molecule is CCNC(=NCc1ccc(OC(C)C)cc1)NC1CCN(C(=O)C2CCCCC2)C1.I. The van der Waals surface area contributed by atoms with E-state index in [1.165, 1.54) is 19.3 Å². The zero-order valence-electron chi connectivity index (χ0n) is 19.2. The summed E-state index contributed by atoms with van der Waals surface area (Å²) in [6.45, 7) is 9.17. The summed E-state index contributed by atoms with van der Waals surface area (Å²) < 4.78 is 5.70. The Labute approximate surface area is 204 Å². The molecule has 1 atom stereocenters. The minimum absolute atomic E-state index is 0. The number of carbonyl (C=O) groups is 1. The lowest BCUT2D eigenvalue weighted by Gasteiger charge is -2.26. The maximum absolute atomic E-state index is 12.8. The van der Waals surface area contributed by atoms with E-state index in [1.807, 2.05) is 26.0 Å². The van der Waals surface area contributed by atoms with Gasteiger partial charge in [0.2, 0.25) is 5.91 Å². The van der Waals surface area contributed by atoms with Crippen LogP contribution in [-0.2, 0) is 11.3 Å². The summed E-state index contributed by atoms with van der Waals surface area (Å²) >= 11 is 0. The largest absolute Gasteiger partial charge is 0.491 e. The molecule has 0 spiro atoms. The first-order valence-corrected chi connectivity index (χ1v) is 11.6. The fourth-order valence-electron chi connectivity index (χ4n) is 4.32. The van der Waals surface area contributed by atoms with Crippen molar-refractivity contribution >= 4 is 35.8 Å². The molecule has 6 nitrogen and oxygen atoms in total. The Bertz CT molecular complexity index is 702. The second-order valence-electron chi connectivity index (χ2n) is 8.75. The standard InChI is InChI=1S/C24H38N4O2.HI/c1-4-25-24(26-16-19-10-12-22(13-11-19)30-18(2)3)27-21-14-15-28(17-21)23(29)20-8-6-5-7-9-20;/h10-13,18,20-21H,4-9,14-17H2,1-3H3,(H2,25,26,27);1H. The molecule has 7 heteroatoms. The Morgan fingerprint density at radius 3 is 2.52 bits per heavy atom. The van der Waals surface area contributed by atoms with Gasteiger partial charge in [0, 0.05) is 31.6 Å². The summed E-state index contributed by atoms with van der Waals surface area (Å²) in [6, 6.07) is 8.38. The zero-order valence-corrected chi connectivity index (χ0v) is 21.6. The first-order valence-electron chi connectivity index (χ1n) is 11.6. The fraction of sp³-hybridized carbons (Fsp3) is 0.667. The molecule has 3 rings (SSSR count). The van der Waals surface area contributed by atoms with Crippen LogP contribution in [0.5, 0.6) is 5.75 Å². The Hall–Kier alpha value is -1.51. The molecule has 2 N–H and O–H groups in total. The van der Waals surface area contributed by atoms with E-state index < -0.39 is 0 Å². The van der Waals surface area contributed by atoms with Crippen molar-refractivity contribution in [2.24, 2.45) is 10.9 Å². The number of ether oxygens (including phenoxy) is 1. The van der Waals surface area contributed by atoms with Gasteiger partial charge in [0.05, 0.1) is 12.6 Å². The summed E-state index contributed by atoms with van der Waals surface area (Å²) in [5.74, 6) is 2.32. The average molecular weight is 543 g/mol. The van der Waals surface area contributed by atoms with Crippen LogP contribution in [0.15, 0.2) is 29.3 Å². The van der Waals surface area contributed by atoms with Gasteiger partial charge in [-0.1, -0.05) is 31.4 Å². The van der Waals surface area contributed by atoms with E-state index in [4.69, 9.17) is 9.73 Å². The highest BCUT2D eigenvalue weighted by atomic mass is 127. The molecule has 0 radical (unpaired) electrons. The van der Waals surface area contributed by atoms with Gasteiger partial charge in [0.15, 0.2) is 5.96 Å². The molecule has 0 aromatic heterocycles. The Balaban J connectivity index is 0.00000341. The predicted octanol–water partition coefficient (Wildman–Crippen LogP) is 4.33. The molecule has 1 unspecified atom stereocenters. The van der Waals surface area contributed by atoms with Crippen LogP contribution in [0.3, 0.4) is 0 Å². The molecule has 1 saturated carbocycles. The smallest absolute Gasteiger partial charge is 0.225 e. The highest BCUT2D eigenvalue weighted by Crippen LogP contribution is 2.26. The maximum atomic E-state index is 12.8. The minimum Gasteiger partial charge on any atom is -0.491 e. The molecule has 2 aliphatic rings. The van der Waals surface area contributed by atoms with Gasteiger partial charge >= 0.3 is 0 Å². The monoisotopic (exact) mass is 542 g/mol. The lowest BCUT2D eigenvalue weighted by Crippen LogP contribution is -2.45. The Morgan fingerprint density at radius 2 is 1.87 bits per heavy atom. The number of nitrogens with zero attached hydrogens (tertiary/aromatic N) is 2. The highest BCUT2D eigenvalue weighted by Gasteiger charge is 2.31. The Morgan fingerprint density at radius 1 is 1.16 bits per heavy atom. The van der Waals surface area contributed by atoms with E-state index in [-0.39, 0.29) is 42.0 Å². The number of likely N-dealkylation sites (tertiary alicyclic amines) is 1. The first kappa shape index (κ1) is 25.7. The number of hydrogen-bond acceptors (Lipinski definition) is 3. The van der Waals surface area contributed by atoms with Crippen LogP contribution in [-0.4, -0.2) is 48.5 Å². The summed E-state index contributed by atoms with van der Waals surface area (Å²) in [5.41, 5.74) is 1.14. The van der Waals surface area contributed by atoms with Crippen LogP contribution in [0.2, 0.25) is 0 Å². The van der Waals surface area contributed by atoms with E-state index in [1.54, 1.807) is 0 Å². The number of aliphatic imine (C=N–C) groups is 1. The zero-order chi connectivity index (χ0) is 21.3. The van der Waals surface area contributed by atoms with Gasteiger partial charge in [0.1, 0.15) is 5.75 Å². The van der Waals surface area contributed by atoms with E-state index in [0.717, 1.165) is 56.2 Å². The number of hydrogen-bond donors (Lipinski definition) is 2. The van der Waals surface area contributed by atoms with Crippen LogP contribution >= 0.6 is 24.0 Å². The van der Waals surface area contributed by atoms with Crippen molar-refractivity contribution in [3.05, 3.63) is 29.8 Å². The number of rotatable bonds is 7. The highest BCUT2D eigenvalue weighted by molar-refractivity contribution is 14.0. The van der Waals surface area contributed by atoms with Gasteiger partial charge in [-0.2, -0.15) is 0 Å². The van der Waals surface area contributed by atoms with Crippen molar-refractivity contribution in [1.82, 2.24) is 15.5 Å². The average Bonchev–Trinajstić information content (AvgIpc) is 3.21. The quantitative estimate of drug-likeness (QED) is 0.306. The third-order valence-electron chi connectivity index (χ3n) is 5.85. The number of carbonyl (C=O) groups excluding carboxylic acids is 1. The molecule has 0 bridgehead atoms.